The Morgan fingerprint density at radius 1 is 1.26 bits per heavy atom. The summed E-state index contributed by atoms with van der Waals surface area (Å²) in [5.41, 5.74) is 1.74. The Balaban J connectivity index is 2.06. The van der Waals surface area contributed by atoms with Crippen molar-refractivity contribution < 1.29 is 9.84 Å². The zero-order valence-corrected chi connectivity index (χ0v) is 11.1. The molecule has 3 rings (SSSR count). The van der Waals surface area contributed by atoms with Crippen molar-refractivity contribution in [3.05, 3.63) is 36.7 Å². The highest BCUT2D eigenvalue weighted by molar-refractivity contribution is 7.21. The minimum atomic E-state index is 0.145. The first kappa shape index (κ1) is 11.9. The molecule has 5 heteroatoms. The van der Waals surface area contributed by atoms with Gasteiger partial charge in [0.2, 0.25) is 0 Å². The molecule has 0 bridgehead atoms. The van der Waals surface area contributed by atoms with Crippen molar-refractivity contribution in [3.8, 4) is 22.1 Å². The maximum Gasteiger partial charge on any atom is 0.134 e. The lowest BCUT2D eigenvalue weighted by Crippen LogP contribution is -1.89. The summed E-state index contributed by atoms with van der Waals surface area (Å²) in [6, 6.07) is 7.50. The Bertz CT molecular complexity index is 724. The fourth-order valence-corrected chi connectivity index (χ4v) is 2.80. The van der Waals surface area contributed by atoms with E-state index in [4.69, 9.17) is 4.74 Å². The van der Waals surface area contributed by atoms with Crippen molar-refractivity contribution in [1.29, 1.82) is 0 Å². The van der Waals surface area contributed by atoms with E-state index in [1.54, 1.807) is 23.6 Å². The number of pyridine rings is 1. The van der Waals surface area contributed by atoms with Gasteiger partial charge >= 0.3 is 0 Å². The Hall–Kier alpha value is -2.14. The lowest BCUT2D eigenvalue weighted by molar-refractivity contribution is 0.341. The number of aromatic nitrogens is 2. The average Bonchev–Trinajstić information content (AvgIpc) is 2.82. The van der Waals surface area contributed by atoms with Crippen LogP contribution < -0.4 is 4.74 Å². The molecule has 0 aliphatic carbocycles. The van der Waals surface area contributed by atoms with Crippen LogP contribution in [0.15, 0.2) is 36.7 Å². The second-order valence-corrected chi connectivity index (χ2v) is 5.04. The number of nitrogens with zero attached hydrogens (tertiary/aromatic N) is 2. The molecular formula is C14H12N2O2S. The molecule has 0 radical (unpaired) electrons. The fourth-order valence-electron chi connectivity index (χ4n) is 1.83. The van der Waals surface area contributed by atoms with Crippen LogP contribution in [-0.4, -0.2) is 21.7 Å². The normalized spacial score (nSPS) is 10.8. The molecule has 2 heterocycles. The Kier molecular flexibility index (Phi) is 3.05. The molecule has 3 aromatic rings. The van der Waals surface area contributed by atoms with E-state index in [-0.39, 0.29) is 5.75 Å². The standard InChI is InChI=1S/C14H12N2O2S/c1-2-18-11-3-4-12-13(6-11)19-14(16-12)9-5-10(17)8-15-7-9/h3-8,17H,2H2,1H3. The topological polar surface area (TPSA) is 55.2 Å². The molecule has 2 aromatic heterocycles. The zero-order valence-electron chi connectivity index (χ0n) is 10.3. The van der Waals surface area contributed by atoms with Crippen molar-refractivity contribution in [1.82, 2.24) is 9.97 Å². The van der Waals surface area contributed by atoms with Gasteiger partial charge in [-0.1, -0.05) is 0 Å². The van der Waals surface area contributed by atoms with Crippen molar-refractivity contribution in [2.45, 2.75) is 6.92 Å². The summed E-state index contributed by atoms with van der Waals surface area (Å²) >= 11 is 1.56. The molecule has 1 aromatic carbocycles. The van der Waals surface area contributed by atoms with Crippen LogP contribution in [0.1, 0.15) is 6.92 Å². The Morgan fingerprint density at radius 3 is 2.95 bits per heavy atom. The van der Waals surface area contributed by atoms with Crippen molar-refractivity contribution in [3.63, 3.8) is 0 Å². The van der Waals surface area contributed by atoms with Crippen LogP contribution in [-0.2, 0) is 0 Å². The predicted molar refractivity (Wildman–Crippen MR) is 75.7 cm³/mol. The van der Waals surface area contributed by atoms with Gasteiger partial charge in [0.25, 0.3) is 0 Å². The van der Waals surface area contributed by atoms with Crippen molar-refractivity contribution in [2.75, 3.05) is 6.61 Å². The molecule has 0 aliphatic rings. The van der Waals surface area contributed by atoms with Gasteiger partial charge in [-0.15, -0.1) is 11.3 Å². The highest BCUT2D eigenvalue weighted by Gasteiger charge is 2.08. The third kappa shape index (κ3) is 2.37. The summed E-state index contributed by atoms with van der Waals surface area (Å²) in [4.78, 5) is 8.51. The van der Waals surface area contributed by atoms with E-state index in [9.17, 15) is 5.11 Å². The summed E-state index contributed by atoms with van der Waals surface area (Å²) in [5, 5.41) is 10.3. The average molecular weight is 272 g/mol. The highest BCUT2D eigenvalue weighted by atomic mass is 32.1. The van der Waals surface area contributed by atoms with Crippen LogP contribution in [0.4, 0.5) is 0 Å². The molecule has 0 aliphatic heterocycles. The predicted octanol–water partition coefficient (Wildman–Crippen LogP) is 3.46. The van der Waals surface area contributed by atoms with Crippen LogP contribution >= 0.6 is 11.3 Å². The molecule has 0 unspecified atom stereocenters. The highest BCUT2D eigenvalue weighted by Crippen LogP contribution is 2.32. The maximum atomic E-state index is 9.46. The number of hydrogen-bond acceptors (Lipinski definition) is 5. The van der Waals surface area contributed by atoms with Gasteiger partial charge in [0.1, 0.15) is 16.5 Å². The molecule has 96 valence electrons. The number of benzene rings is 1. The van der Waals surface area contributed by atoms with Gasteiger partial charge in [-0.2, -0.15) is 0 Å². The number of fused-ring (bicyclic) bond motifs is 1. The van der Waals surface area contributed by atoms with Crippen LogP contribution in [0, 0.1) is 0 Å². The number of hydrogen-bond donors (Lipinski definition) is 1. The minimum Gasteiger partial charge on any atom is -0.506 e. The van der Waals surface area contributed by atoms with E-state index in [1.165, 1.54) is 6.20 Å². The lowest BCUT2D eigenvalue weighted by Gasteiger charge is -2.00. The number of thiazole rings is 1. The van der Waals surface area contributed by atoms with Gasteiger partial charge in [0.15, 0.2) is 0 Å². The fraction of sp³-hybridized carbons (Fsp3) is 0.143. The van der Waals surface area contributed by atoms with Crippen LogP contribution in [0.3, 0.4) is 0 Å². The van der Waals surface area contributed by atoms with Gasteiger partial charge in [0.05, 0.1) is 23.0 Å². The first-order valence-corrected chi connectivity index (χ1v) is 6.75. The number of ether oxygens (including phenoxy) is 1. The molecule has 0 atom stereocenters. The summed E-state index contributed by atoms with van der Waals surface area (Å²) in [5.74, 6) is 0.992. The molecule has 19 heavy (non-hydrogen) atoms. The Labute approximate surface area is 114 Å². The lowest BCUT2D eigenvalue weighted by atomic mass is 10.3. The number of rotatable bonds is 3. The van der Waals surface area contributed by atoms with E-state index >= 15 is 0 Å². The first-order chi connectivity index (χ1) is 9.26. The smallest absolute Gasteiger partial charge is 0.134 e. The van der Waals surface area contributed by atoms with E-state index in [0.29, 0.717) is 6.61 Å². The van der Waals surface area contributed by atoms with Crippen molar-refractivity contribution in [2.24, 2.45) is 0 Å². The monoisotopic (exact) mass is 272 g/mol. The first-order valence-electron chi connectivity index (χ1n) is 5.94. The maximum absolute atomic E-state index is 9.46. The second-order valence-electron chi connectivity index (χ2n) is 4.01. The zero-order chi connectivity index (χ0) is 13.2. The molecule has 0 fully saturated rings. The van der Waals surface area contributed by atoms with Gasteiger partial charge in [-0.25, -0.2) is 4.98 Å². The Morgan fingerprint density at radius 2 is 2.16 bits per heavy atom. The second kappa shape index (κ2) is 4.85. The summed E-state index contributed by atoms with van der Waals surface area (Å²) in [6.45, 7) is 2.61. The van der Waals surface area contributed by atoms with Crippen LogP contribution in [0.2, 0.25) is 0 Å². The van der Waals surface area contributed by atoms with E-state index in [0.717, 1.165) is 26.5 Å². The number of aromatic hydroxyl groups is 1. The summed E-state index contributed by atoms with van der Waals surface area (Å²) < 4.78 is 6.53. The summed E-state index contributed by atoms with van der Waals surface area (Å²) in [7, 11) is 0. The molecule has 1 N–H and O–H groups in total. The van der Waals surface area contributed by atoms with E-state index in [2.05, 4.69) is 9.97 Å². The van der Waals surface area contributed by atoms with Gasteiger partial charge in [-0.05, 0) is 31.2 Å². The van der Waals surface area contributed by atoms with E-state index in [1.807, 2.05) is 25.1 Å². The molecule has 0 saturated carbocycles. The SMILES string of the molecule is CCOc1ccc2nc(-c3cncc(O)c3)sc2c1. The largest absolute Gasteiger partial charge is 0.506 e. The third-order valence-electron chi connectivity index (χ3n) is 2.64. The van der Waals surface area contributed by atoms with Gasteiger partial charge < -0.3 is 9.84 Å². The quantitative estimate of drug-likeness (QED) is 0.793. The van der Waals surface area contributed by atoms with Crippen LogP contribution in [0.5, 0.6) is 11.5 Å². The minimum absolute atomic E-state index is 0.145. The molecule has 4 nitrogen and oxygen atoms in total. The van der Waals surface area contributed by atoms with E-state index < -0.39 is 0 Å². The summed E-state index contributed by atoms with van der Waals surface area (Å²) in [6.07, 6.45) is 3.10. The van der Waals surface area contributed by atoms with Gasteiger partial charge in [-0.3, -0.25) is 4.98 Å². The molecule has 0 saturated heterocycles. The molecular weight excluding hydrogens is 260 g/mol. The molecule has 0 spiro atoms. The van der Waals surface area contributed by atoms with Gasteiger partial charge in [0, 0.05) is 11.8 Å². The third-order valence-corrected chi connectivity index (χ3v) is 3.71. The van der Waals surface area contributed by atoms with Crippen LogP contribution in [0.25, 0.3) is 20.8 Å². The van der Waals surface area contributed by atoms with Crippen molar-refractivity contribution >= 4 is 21.6 Å². The molecule has 0 amide bonds.